The van der Waals surface area contributed by atoms with E-state index in [0.29, 0.717) is 6.42 Å². The van der Waals surface area contributed by atoms with Crippen LogP contribution in [0.2, 0.25) is 0 Å². The SMILES string of the molecule is NC(=O)CCC(c1c[nH]c2ccc(F)cc12)c1c[nH]c2ccc(F)cc12. The van der Waals surface area contributed by atoms with Gasteiger partial charge in [0.2, 0.25) is 5.91 Å². The van der Waals surface area contributed by atoms with Crippen LogP contribution in [0, 0.1) is 11.6 Å². The molecule has 0 radical (unpaired) electrons. The van der Waals surface area contributed by atoms with Crippen molar-refractivity contribution in [2.75, 3.05) is 0 Å². The summed E-state index contributed by atoms with van der Waals surface area (Å²) in [5.74, 6) is -1.31. The van der Waals surface area contributed by atoms with Crippen LogP contribution in [0.3, 0.4) is 0 Å². The van der Waals surface area contributed by atoms with Gasteiger partial charge in [0, 0.05) is 46.5 Å². The summed E-state index contributed by atoms with van der Waals surface area (Å²) in [7, 11) is 0. The number of primary amides is 1. The van der Waals surface area contributed by atoms with Crippen molar-refractivity contribution in [2.24, 2.45) is 5.73 Å². The molecule has 0 saturated heterocycles. The molecule has 2 aromatic carbocycles. The third kappa shape index (κ3) is 2.83. The van der Waals surface area contributed by atoms with Gasteiger partial charge < -0.3 is 15.7 Å². The second kappa shape index (κ2) is 6.29. The maximum Gasteiger partial charge on any atom is 0.217 e. The Kier molecular flexibility index (Phi) is 3.95. The molecule has 0 spiro atoms. The van der Waals surface area contributed by atoms with Crippen LogP contribution in [-0.2, 0) is 4.79 Å². The molecule has 0 saturated carbocycles. The Labute approximate surface area is 148 Å². The summed E-state index contributed by atoms with van der Waals surface area (Å²) in [5, 5.41) is 1.48. The fraction of sp³-hybridized carbons (Fsp3) is 0.150. The number of hydrogen-bond donors (Lipinski definition) is 3. The summed E-state index contributed by atoms with van der Waals surface area (Å²) in [6.07, 6.45) is 4.25. The molecule has 2 aromatic heterocycles. The van der Waals surface area contributed by atoms with E-state index in [1.54, 1.807) is 12.1 Å². The number of H-pyrrole nitrogens is 2. The molecule has 0 atom stereocenters. The summed E-state index contributed by atoms with van der Waals surface area (Å²) < 4.78 is 27.6. The zero-order chi connectivity index (χ0) is 18.3. The highest BCUT2D eigenvalue weighted by molar-refractivity contribution is 5.88. The van der Waals surface area contributed by atoms with Crippen molar-refractivity contribution in [3.8, 4) is 0 Å². The van der Waals surface area contributed by atoms with Gasteiger partial charge in [-0.25, -0.2) is 8.78 Å². The Hall–Kier alpha value is -3.15. The molecule has 0 aliphatic heterocycles. The fourth-order valence-electron chi connectivity index (χ4n) is 3.57. The molecule has 0 aliphatic carbocycles. The molecule has 0 bridgehead atoms. The summed E-state index contributed by atoms with van der Waals surface area (Å²) in [6, 6.07) is 9.06. The predicted octanol–water partition coefficient (Wildman–Crippen LogP) is 4.32. The van der Waals surface area contributed by atoms with Crippen LogP contribution in [-0.4, -0.2) is 15.9 Å². The molecule has 4 N–H and O–H groups in total. The summed E-state index contributed by atoms with van der Waals surface area (Å²) in [4.78, 5) is 17.6. The van der Waals surface area contributed by atoms with Crippen LogP contribution in [0.15, 0.2) is 48.8 Å². The number of nitrogens with one attached hydrogen (secondary N) is 2. The Bertz CT molecular complexity index is 1030. The third-order valence-corrected chi connectivity index (χ3v) is 4.78. The average molecular weight is 353 g/mol. The molecule has 1 amide bonds. The van der Waals surface area contributed by atoms with Crippen molar-refractivity contribution >= 4 is 27.7 Å². The number of aromatic amines is 2. The first-order valence-corrected chi connectivity index (χ1v) is 8.34. The molecule has 0 fully saturated rings. The molecule has 2 heterocycles. The lowest BCUT2D eigenvalue weighted by atomic mass is 9.87. The van der Waals surface area contributed by atoms with Crippen LogP contribution in [0.4, 0.5) is 8.78 Å². The number of aromatic nitrogens is 2. The summed E-state index contributed by atoms with van der Waals surface area (Å²) >= 11 is 0. The Morgan fingerprint density at radius 1 is 0.923 bits per heavy atom. The van der Waals surface area contributed by atoms with Crippen molar-refractivity contribution in [3.63, 3.8) is 0 Å². The number of hydrogen-bond acceptors (Lipinski definition) is 1. The standard InChI is InChI=1S/C20H17F2N3O/c21-11-1-4-18-14(7-11)16(9-24-18)13(3-6-20(23)26)17-10-25-19-5-2-12(22)8-15(17)19/h1-2,4-5,7-10,13,24-25H,3,6H2,(H2,23,26). The van der Waals surface area contributed by atoms with E-state index in [2.05, 4.69) is 9.97 Å². The molecular formula is C20H17F2N3O. The van der Waals surface area contributed by atoms with Gasteiger partial charge in [0.15, 0.2) is 0 Å². The first-order chi connectivity index (χ1) is 12.5. The minimum Gasteiger partial charge on any atom is -0.370 e. The van der Waals surface area contributed by atoms with Crippen molar-refractivity contribution in [3.05, 3.63) is 71.6 Å². The van der Waals surface area contributed by atoms with Gasteiger partial charge >= 0.3 is 0 Å². The summed E-state index contributed by atoms with van der Waals surface area (Å²) in [6.45, 7) is 0. The van der Waals surface area contributed by atoms with E-state index in [-0.39, 0.29) is 24.0 Å². The first-order valence-electron chi connectivity index (χ1n) is 8.34. The highest BCUT2D eigenvalue weighted by Crippen LogP contribution is 2.38. The Balaban J connectivity index is 1.89. The van der Waals surface area contributed by atoms with Crippen LogP contribution in [0.25, 0.3) is 21.8 Å². The monoisotopic (exact) mass is 353 g/mol. The quantitative estimate of drug-likeness (QED) is 0.491. The number of amides is 1. The molecule has 0 unspecified atom stereocenters. The van der Waals surface area contributed by atoms with E-state index in [4.69, 9.17) is 5.73 Å². The lowest BCUT2D eigenvalue weighted by molar-refractivity contribution is -0.118. The lowest BCUT2D eigenvalue weighted by Gasteiger charge is -2.16. The molecule has 4 rings (SSSR count). The van der Waals surface area contributed by atoms with E-state index >= 15 is 0 Å². The van der Waals surface area contributed by atoms with Gasteiger partial charge in [0.25, 0.3) is 0 Å². The third-order valence-electron chi connectivity index (χ3n) is 4.78. The zero-order valence-corrected chi connectivity index (χ0v) is 13.9. The van der Waals surface area contributed by atoms with Gasteiger partial charge in [-0.2, -0.15) is 0 Å². The van der Waals surface area contributed by atoms with E-state index in [1.807, 2.05) is 12.4 Å². The van der Waals surface area contributed by atoms with E-state index in [1.165, 1.54) is 24.3 Å². The van der Waals surface area contributed by atoms with Gasteiger partial charge in [0.05, 0.1) is 0 Å². The molecule has 26 heavy (non-hydrogen) atoms. The highest BCUT2D eigenvalue weighted by Gasteiger charge is 2.22. The predicted molar refractivity (Wildman–Crippen MR) is 96.8 cm³/mol. The topological polar surface area (TPSA) is 74.7 Å². The number of benzene rings is 2. The van der Waals surface area contributed by atoms with Crippen LogP contribution >= 0.6 is 0 Å². The van der Waals surface area contributed by atoms with E-state index in [0.717, 1.165) is 32.9 Å². The number of nitrogens with two attached hydrogens (primary N) is 1. The van der Waals surface area contributed by atoms with E-state index < -0.39 is 5.91 Å². The van der Waals surface area contributed by atoms with Gasteiger partial charge in [-0.05, 0) is 53.9 Å². The maximum atomic E-state index is 13.8. The number of rotatable bonds is 5. The molecule has 6 heteroatoms. The molecule has 4 aromatic rings. The van der Waals surface area contributed by atoms with Crippen molar-refractivity contribution in [2.45, 2.75) is 18.8 Å². The minimum atomic E-state index is -0.410. The van der Waals surface area contributed by atoms with Gasteiger partial charge in [-0.1, -0.05) is 0 Å². The number of fused-ring (bicyclic) bond motifs is 2. The molecule has 4 nitrogen and oxygen atoms in total. The highest BCUT2D eigenvalue weighted by atomic mass is 19.1. The Morgan fingerprint density at radius 3 is 1.88 bits per heavy atom. The van der Waals surface area contributed by atoms with Crippen molar-refractivity contribution in [1.82, 2.24) is 9.97 Å². The normalized spacial score (nSPS) is 11.7. The van der Waals surface area contributed by atoms with Gasteiger partial charge in [-0.15, -0.1) is 0 Å². The smallest absolute Gasteiger partial charge is 0.217 e. The number of carbonyl (C=O) groups excluding carboxylic acids is 1. The molecule has 132 valence electrons. The second-order valence-corrected chi connectivity index (χ2v) is 6.43. The van der Waals surface area contributed by atoms with Crippen LogP contribution in [0.5, 0.6) is 0 Å². The maximum absolute atomic E-state index is 13.8. The number of halogens is 2. The average Bonchev–Trinajstić information content (AvgIpc) is 3.19. The Morgan fingerprint density at radius 2 is 1.42 bits per heavy atom. The van der Waals surface area contributed by atoms with Crippen LogP contribution in [0.1, 0.15) is 29.9 Å². The minimum absolute atomic E-state index is 0.175. The first kappa shape index (κ1) is 16.3. The van der Waals surface area contributed by atoms with Gasteiger partial charge in [0.1, 0.15) is 11.6 Å². The second-order valence-electron chi connectivity index (χ2n) is 6.43. The largest absolute Gasteiger partial charge is 0.370 e. The molecule has 0 aliphatic rings. The summed E-state index contributed by atoms with van der Waals surface area (Å²) in [5.41, 5.74) is 8.66. The fourth-order valence-corrected chi connectivity index (χ4v) is 3.57. The van der Waals surface area contributed by atoms with Crippen LogP contribution < -0.4 is 5.73 Å². The molecular weight excluding hydrogens is 336 g/mol. The van der Waals surface area contributed by atoms with Crippen molar-refractivity contribution < 1.29 is 13.6 Å². The lowest BCUT2D eigenvalue weighted by Crippen LogP contribution is -2.12. The van der Waals surface area contributed by atoms with Crippen molar-refractivity contribution in [1.29, 1.82) is 0 Å². The zero-order valence-electron chi connectivity index (χ0n) is 13.9. The number of carbonyl (C=O) groups is 1. The van der Waals surface area contributed by atoms with E-state index in [9.17, 15) is 13.6 Å². The van der Waals surface area contributed by atoms with Gasteiger partial charge in [-0.3, -0.25) is 4.79 Å².